The van der Waals surface area contributed by atoms with Gasteiger partial charge in [0.15, 0.2) is 0 Å². The van der Waals surface area contributed by atoms with Crippen molar-refractivity contribution in [3.63, 3.8) is 0 Å². The first-order valence-electron chi connectivity index (χ1n) is 11.0. The van der Waals surface area contributed by atoms with E-state index in [0.717, 1.165) is 34.7 Å². The molecule has 0 radical (unpaired) electrons. The van der Waals surface area contributed by atoms with Crippen molar-refractivity contribution in [3.8, 4) is 0 Å². The van der Waals surface area contributed by atoms with E-state index in [1.165, 1.54) is 4.88 Å². The van der Waals surface area contributed by atoms with Crippen LogP contribution in [0.1, 0.15) is 30.2 Å². The van der Waals surface area contributed by atoms with Crippen molar-refractivity contribution in [1.82, 2.24) is 19.9 Å². The number of piperazine rings is 1. The molecule has 0 bridgehead atoms. The second-order valence-electron chi connectivity index (χ2n) is 7.93. The molecule has 0 unspecified atom stereocenters. The Hall–Kier alpha value is -2.66. The zero-order chi connectivity index (χ0) is 24.3. The van der Waals surface area contributed by atoms with Crippen LogP contribution in [0.5, 0.6) is 0 Å². The van der Waals surface area contributed by atoms with Gasteiger partial charge in [0.1, 0.15) is 22.8 Å². The highest BCUT2D eigenvalue weighted by Crippen LogP contribution is 2.33. The summed E-state index contributed by atoms with van der Waals surface area (Å²) in [5, 5.41) is 3.86. The average Bonchev–Trinajstić information content (AvgIpc) is 3.25. The Morgan fingerprint density at radius 1 is 1.18 bits per heavy atom. The molecule has 1 aliphatic rings. The van der Waals surface area contributed by atoms with E-state index in [9.17, 15) is 18.0 Å². The lowest BCUT2D eigenvalue weighted by Gasteiger charge is -2.35. The van der Waals surface area contributed by atoms with Crippen molar-refractivity contribution in [2.24, 2.45) is 0 Å². The van der Waals surface area contributed by atoms with Gasteiger partial charge in [0.25, 0.3) is 0 Å². The fourth-order valence-corrected chi connectivity index (χ4v) is 4.98. The molecule has 4 rings (SSSR count). The number of halogens is 4. The van der Waals surface area contributed by atoms with Crippen molar-refractivity contribution in [1.29, 1.82) is 0 Å². The Morgan fingerprint density at radius 2 is 1.94 bits per heavy atom. The maximum Gasteiger partial charge on any atom is 0.417 e. The number of amides is 1. The Labute approximate surface area is 204 Å². The maximum absolute atomic E-state index is 12.7. The lowest BCUT2D eigenvalue weighted by atomic mass is 10.2. The number of aryl methyl sites for hydroxylation is 1. The Kier molecular flexibility index (Phi) is 7.42. The summed E-state index contributed by atoms with van der Waals surface area (Å²) in [4.78, 5) is 31.5. The van der Waals surface area contributed by atoms with Gasteiger partial charge in [-0.25, -0.2) is 15.0 Å². The van der Waals surface area contributed by atoms with Crippen molar-refractivity contribution in [2.75, 3.05) is 42.9 Å². The number of thiophene rings is 1. The van der Waals surface area contributed by atoms with Crippen molar-refractivity contribution >= 4 is 50.7 Å². The number of nitrogens with zero attached hydrogens (tertiary/aromatic N) is 5. The van der Waals surface area contributed by atoms with Crippen LogP contribution in [0.4, 0.5) is 24.8 Å². The van der Waals surface area contributed by atoms with Crippen molar-refractivity contribution in [3.05, 3.63) is 40.1 Å². The van der Waals surface area contributed by atoms with E-state index in [4.69, 9.17) is 11.6 Å². The van der Waals surface area contributed by atoms with E-state index in [1.54, 1.807) is 17.7 Å². The number of anilines is 2. The van der Waals surface area contributed by atoms with Gasteiger partial charge < -0.3 is 15.1 Å². The monoisotopic (exact) mass is 512 g/mol. The molecule has 0 aromatic carbocycles. The van der Waals surface area contributed by atoms with E-state index in [-0.39, 0.29) is 16.7 Å². The van der Waals surface area contributed by atoms with Crippen LogP contribution >= 0.6 is 22.9 Å². The van der Waals surface area contributed by atoms with Gasteiger partial charge in [-0.2, -0.15) is 13.2 Å². The third kappa shape index (κ3) is 5.52. The predicted octanol–water partition coefficient (Wildman–Crippen LogP) is 4.86. The van der Waals surface area contributed by atoms with Crippen LogP contribution in [0.2, 0.25) is 5.02 Å². The summed E-state index contributed by atoms with van der Waals surface area (Å²) in [6.07, 6.45) is -0.363. The molecule has 12 heteroatoms. The summed E-state index contributed by atoms with van der Waals surface area (Å²) in [5.41, 5.74) is -0.898. The summed E-state index contributed by atoms with van der Waals surface area (Å²) >= 11 is 7.58. The Bertz CT molecular complexity index is 1160. The van der Waals surface area contributed by atoms with Crippen LogP contribution in [-0.2, 0) is 17.4 Å². The molecule has 0 aliphatic carbocycles. The molecule has 0 saturated carbocycles. The topological polar surface area (TPSA) is 74.2 Å². The number of carbonyl (C=O) groups is 1. The number of nitrogens with one attached hydrogen (secondary N) is 1. The maximum atomic E-state index is 12.7. The molecule has 0 spiro atoms. The first-order chi connectivity index (χ1) is 16.3. The van der Waals surface area contributed by atoms with Gasteiger partial charge in [-0.05, 0) is 25.0 Å². The fourth-order valence-electron chi connectivity index (χ4n) is 3.81. The highest BCUT2D eigenvalue weighted by Gasteiger charge is 2.31. The standard InChI is InChI=1S/C22H24ClF3N6OS/c1-2-15-11-16-20(29-13-30-21(16)34-15)32-8-6-31(7-9-32)18(33)4-3-5-27-19-17(23)10-14(12-28-19)22(24,25)26/h10-13H,2-9H2,1H3,(H,27,28). The number of fused-ring (bicyclic) bond motifs is 1. The fraction of sp³-hybridized carbons (Fsp3) is 0.455. The van der Waals surface area contributed by atoms with E-state index in [0.29, 0.717) is 45.6 Å². The minimum atomic E-state index is -4.49. The summed E-state index contributed by atoms with van der Waals surface area (Å²) in [7, 11) is 0. The van der Waals surface area contributed by atoms with Gasteiger partial charge in [-0.15, -0.1) is 11.3 Å². The highest BCUT2D eigenvalue weighted by molar-refractivity contribution is 7.18. The van der Waals surface area contributed by atoms with Crippen LogP contribution in [0.3, 0.4) is 0 Å². The number of alkyl halides is 3. The number of aromatic nitrogens is 3. The van der Waals surface area contributed by atoms with E-state index < -0.39 is 11.7 Å². The quantitative estimate of drug-likeness (QED) is 0.456. The molecule has 1 fully saturated rings. The molecule has 7 nitrogen and oxygen atoms in total. The SMILES string of the molecule is CCc1cc2c(N3CCN(C(=O)CCCNc4ncc(C(F)(F)F)cc4Cl)CC3)ncnc2s1. The molecule has 34 heavy (non-hydrogen) atoms. The first-order valence-corrected chi connectivity index (χ1v) is 12.2. The lowest BCUT2D eigenvalue weighted by Crippen LogP contribution is -2.49. The third-order valence-corrected chi connectivity index (χ3v) is 7.14. The zero-order valence-electron chi connectivity index (χ0n) is 18.5. The summed E-state index contributed by atoms with van der Waals surface area (Å²) < 4.78 is 38.1. The van der Waals surface area contributed by atoms with E-state index in [2.05, 4.69) is 38.2 Å². The molecule has 3 aromatic rings. The molecule has 4 heterocycles. The first kappa shape index (κ1) is 24.5. The van der Waals surface area contributed by atoms with Crippen LogP contribution in [0, 0.1) is 0 Å². The summed E-state index contributed by atoms with van der Waals surface area (Å²) in [6, 6.07) is 2.99. The molecule has 182 valence electrons. The van der Waals surface area contributed by atoms with Crippen LogP contribution in [-0.4, -0.2) is 58.5 Å². The van der Waals surface area contributed by atoms with Crippen LogP contribution in [0.25, 0.3) is 10.2 Å². The van der Waals surface area contributed by atoms with Gasteiger partial charge in [0.2, 0.25) is 5.91 Å². The van der Waals surface area contributed by atoms with Gasteiger partial charge >= 0.3 is 6.18 Å². The second kappa shape index (κ2) is 10.3. The molecule has 1 N–H and O–H groups in total. The van der Waals surface area contributed by atoms with Gasteiger partial charge in [0, 0.05) is 50.2 Å². The number of pyridine rings is 1. The second-order valence-corrected chi connectivity index (χ2v) is 9.46. The van der Waals surface area contributed by atoms with Gasteiger partial charge in [-0.3, -0.25) is 4.79 Å². The number of hydrogen-bond acceptors (Lipinski definition) is 7. The number of carbonyl (C=O) groups excluding carboxylic acids is 1. The normalized spacial score (nSPS) is 14.6. The molecule has 0 atom stereocenters. The molecule has 1 amide bonds. The minimum Gasteiger partial charge on any atom is -0.369 e. The van der Waals surface area contributed by atoms with Gasteiger partial charge in [-0.1, -0.05) is 18.5 Å². The largest absolute Gasteiger partial charge is 0.417 e. The Balaban J connectivity index is 1.24. The number of hydrogen-bond donors (Lipinski definition) is 1. The molecule has 1 saturated heterocycles. The predicted molar refractivity (Wildman–Crippen MR) is 128 cm³/mol. The summed E-state index contributed by atoms with van der Waals surface area (Å²) in [5.74, 6) is 1.13. The zero-order valence-corrected chi connectivity index (χ0v) is 20.1. The minimum absolute atomic E-state index is 0.0459. The van der Waals surface area contributed by atoms with Gasteiger partial charge in [0.05, 0.1) is 16.0 Å². The van der Waals surface area contributed by atoms with E-state index >= 15 is 0 Å². The lowest BCUT2D eigenvalue weighted by molar-refractivity contribution is -0.137. The number of rotatable bonds is 7. The van der Waals surface area contributed by atoms with E-state index in [1.807, 2.05) is 4.90 Å². The van der Waals surface area contributed by atoms with Crippen LogP contribution in [0.15, 0.2) is 24.7 Å². The molecular weight excluding hydrogens is 489 g/mol. The molecule has 1 aliphatic heterocycles. The van der Waals surface area contributed by atoms with Crippen LogP contribution < -0.4 is 10.2 Å². The molecular formula is C22H24ClF3N6OS. The molecule has 3 aromatic heterocycles. The Morgan fingerprint density at radius 3 is 2.62 bits per heavy atom. The smallest absolute Gasteiger partial charge is 0.369 e. The summed E-state index contributed by atoms with van der Waals surface area (Å²) in [6.45, 7) is 5.09. The highest BCUT2D eigenvalue weighted by atomic mass is 35.5. The van der Waals surface area contributed by atoms with Crippen molar-refractivity contribution < 1.29 is 18.0 Å². The van der Waals surface area contributed by atoms with Crippen molar-refractivity contribution in [2.45, 2.75) is 32.4 Å². The average molecular weight is 513 g/mol. The third-order valence-electron chi connectivity index (χ3n) is 5.67.